The average Bonchev–Trinajstić information content (AvgIpc) is 2.85. The minimum atomic E-state index is -0.600. The molecule has 0 aromatic heterocycles. The van der Waals surface area contributed by atoms with E-state index in [0.29, 0.717) is 34.2 Å². The molecule has 164 valence electrons. The number of nitrogens with zero attached hydrogens (tertiary/aromatic N) is 2. The van der Waals surface area contributed by atoms with Crippen molar-refractivity contribution in [2.75, 3.05) is 26.8 Å². The minimum absolute atomic E-state index is 0.287. The van der Waals surface area contributed by atoms with Crippen LogP contribution in [0.4, 0.5) is 11.4 Å². The molecule has 0 aliphatic heterocycles. The number of azo groups is 1. The lowest BCUT2D eigenvalue weighted by Crippen LogP contribution is -2.11. The van der Waals surface area contributed by atoms with Crippen LogP contribution in [-0.4, -0.2) is 33.2 Å². The van der Waals surface area contributed by atoms with Gasteiger partial charge in [0.2, 0.25) is 0 Å². The van der Waals surface area contributed by atoms with Crippen LogP contribution in [0.3, 0.4) is 0 Å². The van der Waals surface area contributed by atoms with E-state index < -0.39 is 11.9 Å². The normalized spacial score (nSPS) is 10.5. The van der Waals surface area contributed by atoms with Gasteiger partial charge in [0, 0.05) is 0 Å². The van der Waals surface area contributed by atoms with Crippen LogP contribution >= 0.6 is 0 Å². The molecule has 0 aliphatic rings. The molecule has 1 N–H and O–H groups in total. The lowest BCUT2D eigenvalue weighted by atomic mass is 10.2. The zero-order chi connectivity index (χ0) is 22.9. The molecule has 0 heterocycles. The summed E-state index contributed by atoms with van der Waals surface area (Å²) in [6.45, 7) is 0. The van der Waals surface area contributed by atoms with Crippen molar-refractivity contribution in [1.29, 1.82) is 0 Å². The second kappa shape index (κ2) is 10.6. The standard InChI is InChI=1S/C23H21N3O6/c1-29-19-7-5-4-6-18(19)22(27)25-24-16-9-11-17(12-10-16)26-32-23(28)15-8-13-20(30-2)21(14-15)31-3/h4-14,26H,1-3H3. The van der Waals surface area contributed by atoms with E-state index in [4.69, 9.17) is 19.0 Å². The van der Waals surface area contributed by atoms with Gasteiger partial charge in [-0.3, -0.25) is 4.79 Å². The minimum Gasteiger partial charge on any atom is -0.496 e. The average molecular weight is 435 g/mol. The highest BCUT2D eigenvalue weighted by Crippen LogP contribution is 2.28. The second-order valence-electron chi connectivity index (χ2n) is 6.31. The molecule has 0 atom stereocenters. The summed E-state index contributed by atoms with van der Waals surface area (Å²) >= 11 is 0. The number of rotatable bonds is 8. The fraction of sp³-hybridized carbons (Fsp3) is 0.130. The van der Waals surface area contributed by atoms with Gasteiger partial charge in [0.05, 0.1) is 43.8 Å². The van der Waals surface area contributed by atoms with Gasteiger partial charge in [-0.05, 0) is 54.6 Å². The molecule has 3 aromatic carbocycles. The Bertz CT molecular complexity index is 1130. The van der Waals surface area contributed by atoms with Gasteiger partial charge >= 0.3 is 5.97 Å². The van der Waals surface area contributed by atoms with Crippen molar-refractivity contribution < 1.29 is 28.6 Å². The van der Waals surface area contributed by atoms with Gasteiger partial charge in [-0.2, -0.15) is 0 Å². The molecule has 0 radical (unpaired) electrons. The third-order valence-corrected chi connectivity index (χ3v) is 4.34. The van der Waals surface area contributed by atoms with Crippen LogP contribution in [0.2, 0.25) is 0 Å². The number of ether oxygens (including phenoxy) is 3. The Morgan fingerprint density at radius 2 is 1.47 bits per heavy atom. The Labute approximate surface area is 184 Å². The number of methoxy groups -OCH3 is 3. The lowest BCUT2D eigenvalue weighted by molar-refractivity contribution is 0.0596. The predicted octanol–water partition coefficient (Wildman–Crippen LogP) is 4.82. The van der Waals surface area contributed by atoms with E-state index in [2.05, 4.69) is 15.7 Å². The van der Waals surface area contributed by atoms with Crippen LogP contribution in [0.5, 0.6) is 17.2 Å². The van der Waals surface area contributed by atoms with Crippen molar-refractivity contribution in [3.8, 4) is 17.2 Å². The van der Waals surface area contributed by atoms with Gasteiger partial charge in [0.25, 0.3) is 5.91 Å². The maximum absolute atomic E-state index is 12.3. The van der Waals surface area contributed by atoms with E-state index in [0.717, 1.165) is 0 Å². The Hall–Kier alpha value is -4.40. The van der Waals surface area contributed by atoms with Gasteiger partial charge < -0.3 is 19.0 Å². The SMILES string of the molecule is COc1ccc(C(=O)ONc2ccc(N=NC(=O)c3ccccc3OC)cc2)cc1OC. The van der Waals surface area contributed by atoms with Gasteiger partial charge in [-0.25, -0.2) is 10.3 Å². The van der Waals surface area contributed by atoms with Crippen molar-refractivity contribution in [3.05, 3.63) is 77.9 Å². The van der Waals surface area contributed by atoms with Crippen LogP contribution in [0.1, 0.15) is 20.7 Å². The van der Waals surface area contributed by atoms with E-state index >= 15 is 0 Å². The number of amides is 1. The summed E-state index contributed by atoms with van der Waals surface area (Å²) in [5.41, 5.74) is 4.13. The Morgan fingerprint density at radius 3 is 2.16 bits per heavy atom. The molecule has 0 fully saturated rings. The number of para-hydroxylation sites is 1. The molecule has 9 nitrogen and oxygen atoms in total. The first-order chi connectivity index (χ1) is 15.5. The van der Waals surface area contributed by atoms with Crippen LogP contribution in [0, 0.1) is 0 Å². The smallest absolute Gasteiger partial charge is 0.362 e. The number of anilines is 1. The highest BCUT2D eigenvalue weighted by atomic mass is 16.7. The van der Waals surface area contributed by atoms with E-state index in [-0.39, 0.29) is 5.56 Å². The lowest BCUT2D eigenvalue weighted by Gasteiger charge is -2.10. The van der Waals surface area contributed by atoms with Gasteiger partial charge in [0.1, 0.15) is 5.75 Å². The molecule has 0 bridgehead atoms. The molecule has 0 aliphatic carbocycles. The predicted molar refractivity (Wildman–Crippen MR) is 117 cm³/mol. The first-order valence-electron chi connectivity index (χ1n) is 9.44. The summed E-state index contributed by atoms with van der Waals surface area (Å²) in [6.07, 6.45) is 0. The van der Waals surface area contributed by atoms with E-state index in [1.54, 1.807) is 60.7 Å². The molecule has 3 aromatic rings. The maximum Gasteiger partial charge on any atom is 0.362 e. The van der Waals surface area contributed by atoms with E-state index in [9.17, 15) is 9.59 Å². The molecule has 0 spiro atoms. The van der Waals surface area contributed by atoms with Gasteiger partial charge in [-0.15, -0.1) is 10.2 Å². The van der Waals surface area contributed by atoms with Crippen LogP contribution < -0.4 is 19.7 Å². The number of hydrogen-bond donors (Lipinski definition) is 1. The molecule has 1 amide bonds. The summed E-state index contributed by atoms with van der Waals surface area (Å²) in [6, 6.07) is 17.9. The summed E-state index contributed by atoms with van der Waals surface area (Å²) in [5, 5.41) is 7.66. The third-order valence-electron chi connectivity index (χ3n) is 4.34. The number of benzene rings is 3. The van der Waals surface area contributed by atoms with Crippen LogP contribution in [0.25, 0.3) is 0 Å². The van der Waals surface area contributed by atoms with Crippen LogP contribution in [-0.2, 0) is 4.84 Å². The van der Waals surface area contributed by atoms with Crippen molar-refractivity contribution in [2.24, 2.45) is 10.2 Å². The van der Waals surface area contributed by atoms with Gasteiger partial charge in [0.15, 0.2) is 11.5 Å². The summed E-state index contributed by atoms with van der Waals surface area (Å²) < 4.78 is 15.5. The largest absolute Gasteiger partial charge is 0.496 e. The van der Waals surface area contributed by atoms with Crippen molar-refractivity contribution in [2.45, 2.75) is 0 Å². The van der Waals surface area contributed by atoms with Crippen molar-refractivity contribution in [1.82, 2.24) is 0 Å². The van der Waals surface area contributed by atoms with Crippen molar-refractivity contribution >= 4 is 23.3 Å². The Kier molecular flexibility index (Phi) is 7.37. The van der Waals surface area contributed by atoms with Crippen molar-refractivity contribution in [3.63, 3.8) is 0 Å². The first-order valence-corrected chi connectivity index (χ1v) is 9.44. The highest BCUT2D eigenvalue weighted by Gasteiger charge is 2.13. The number of nitrogens with one attached hydrogen (secondary N) is 1. The first kappa shape index (κ1) is 22.3. The van der Waals surface area contributed by atoms with E-state index in [1.165, 1.54) is 27.4 Å². The number of hydrogen-bond acceptors (Lipinski definition) is 8. The summed E-state index contributed by atoms with van der Waals surface area (Å²) in [5.74, 6) is 0.225. The fourth-order valence-electron chi connectivity index (χ4n) is 2.70. The topological polar surface area (TPSA) is 108 Å². The zero-order valence-electron chi connectivity index (χ0n) is 17.7. The Morgan fingerprint density at radius 1 is 0.781 bits per heavy atom. The zero-order valence-corrected chi connectivity index (χ0v) is 17.7. The molecular weight excluding hydrogens is 414 g/mol. The summed E-state index contributed by atoms with van der Waals surface area (Å²) in [4.78, 5) is 29.6. The molecule has 9 heteroatoms. The third kappa shape index (κ3) is 5.39. The molecule has 0 unspecified atom stereocenters. The monoisotopic (exact) mass is 435 g/mol. The quantitative estimate of drug-likeness (QED) is 0.399. The number of carbonyl (C=O) groups is 2. The van der Waals surface area contributed by atoms with Crippen LogP contribution in [0.15, 0.2) is 77.0 Å². The summed E-state index contributed by atoms with van der Waals surface area (Å²) in [7, 11) is 4.47. The molecule has 0 saturated carbocycles. The van der Waals surface area contributed by atoms with E-state index in [1.807, 2.05) is 0 Å². The number of carbonyl (C=O) groups excluding carboxylic acids is 2. The fourth-order valence-corrected chi connectivity index (χ4v) is 2.70. The molecule has 32 heavy (non-hydrogen) atoms. The van der Waals surface area contributed by atoms with Gasteiger partial charge in [-0.1, -0.05) is 12.1 Å². The highest BCUT2D eigenvalue weighted by molar-refractivity contribution is 5.97. The second-order valence-corrected chi connectivity index (χ2v) is 6.31. The molecule has 3 rings (SSSR count). The molecular formula is C23H21N3O6. The maximum atomic E-state index is 12.3. The Balaban J connectivity index is 1.59. The molecule has 0 saturated heterocycles.